The average molecular weight is 249 g/mol. The highest BCUT2D eigenvalue weighted by molar-refractivity contribution is 5.46. The summed E-state index contributed by atoms with van der Waals surface area (Å²) in [4.78, 5) is 0. The standard InChI is InChI=1S/C14H19NO3/c1-14(2,3)11-4-5-13(10(6-11)7-15)18-9-12(17)8-16/h4-6,12,16-17H,8-9H2,1-3H3. The fraction of sp³-hybridized carbons (Fsp3) is 0.500. The molecule has 1 aromatic carbocycles. The van der Waals surface area contributed by atoms with E-state index in [1.807, 2.05) is 6.07 Å². The van der Waals surface area contributed by atoms with E-state index in [0.29, 0.717) is 11.3 Å². The number of rotatable bonds is 4. The quantitative estimate of drug-likeness (QED) is 0.849. The Labute approximate surface area is 107 Å². The molecule has 1 aromatic rings. The molecule has 0 bridgehead atoms. The van der Waals surface area contributed by atoms with Crippen LogP contribution in [-0.4, -0.2) is 29.5 Å². The first-order valence-corrected chi connectivity index (χ1v) is 5.85. The predicted octanol–water partition coefficient (Wildman–Crippen LogP) is 1.59. The second kappa shape index (κ2) is 5.85. The highest BCUT2D eigenvalue weighted by atomic mass is 16.5. The molecule has 0 spiro atoms. The maximum atomic E-state index is 9.21. The van der Waals surface area contributed by atoms with E-state index in [-0.39, 0.29) is 18.6 Å². The van der Waals surface area contributed by atoms with Crippen molar-refractivity contribution in [3.63, 3.8) is 0 Å². The van der Waals surface area contributed by atoms with E-state index in [4.69, 9.17) is 15.1 Å². The first-order chi connectivity index (χ1) is 8.38. The van der Waals surface area contributed by atoms with Crippen LogP contribution in [0.15, 0.2) is 18.2 Å². The summed E-state index contributed by atoms with van der Waals surface area (Å²) < 4.78 is 5.32. The molecular formula is C14H19NO3. The maximum Gasteiger partial charge on any atom is 0.137 e. The summed E-state index contributed by atoms with van der Waals surface area (Å²) in [7, 11) is 0. The molecule has 0 aliphatic rings. The van der Waals surface area contributed by atoms with Crippen molar-refractivity contribution in [2.24, 2.45) is 0 Å². The molecule has 4 nitrogen and oxygen atoms in total. The molecule has 1 unspecified atom stereocenters. The Balaban J connectivity index is 2.92. The summed E-state index contributed by atoms with van der Waals surface area (Å²) in [5, 5.41) is 27.0. The van der Waals surface area contributed by atoms with Gasteiger partial charge in [-0.25, -0.2) is 0 Å². The lowest BCUT2D eigenvalue weighted by atomic mass is 9.86. The van der Waals surface area contributed by atoms with Gasteiger partial charge in [0.05, 0.1) is 12.2 Å². The fourth-order valence-corrected chi connectivity index (χ4v) is 1.45. The Hall–Kier alpha value is -1.57. The van der Waals surface area contributed by atoms with E-state index in [9.17, 15) is 5.11 Å². The van der Waals surface area contributed by atoms with Crippen LogP contribution in [0.4, 0.5) is 0 Å². The minimum absolute atomic E-state index is 0.0277. The van der Waals surface area contributed by atoms with Gasteiger partial charge in [0.1, 0.15) is 24.5 Å². The lowest BCUT2D eigenvalue weighted by Gasteiger charge is -2.20. The summed E-state index contributed by atoms with van der Waals surface area (Å²) in [6, 6.07) is 7.50. The van der Waals surface area contributed by atoms with E-state index in [2.05, 4.69) is 26.8 Å². The number of aliphatic hydroxyl groups is 2. The molecule has 1 rings (SSSR count). The Morgan fingerprint density at radius 2 is 2.06 bits per heavy atom. The van der Waals surface area contributed by atoms with Crippen LogP contribution in [-0.2, 0) is 5.41 Å². The van der Waals surface area contributed by atoms with E-state index in [1.54, 1.807) is 12.1 Å². The van der Waals surface area contributed by atoms with Gasteiger partial charge in [-0.2, -0.15) is 5.26 Å². The zero-order valence-corrected chi connectivity index (χ0v) is 11.0. The van der Waals surface area contributed by atoms with Crippen molar-refractivity contribution in [2.45, 2.75) is 32.3 Å². The molecule has 2 N–H and O–H groups in total. The van der Waals surface area contributed by atoms with Crippen LogP contribution in [0.3, 0.4) is 0 Å². The molecule has 0 radical (unpaired) electrons. The van der Waals surface area contributed by atoms with Gasteiger partial charge in [-0.05, 0) is 23.1 Å². The summed E-state index contributed by atoms with van der Waals surface area (Å²) in [5.74, 6) is 0.429. The molecule has 18 heavy (non-hydrogen) atoms. The molecule has 0 fully saturated rings. The van der Waals surface area contributed by atoms with Gasteiger partial charge >= 0.3 is 0 Å². The Kier molecular flexibility index (Phi) is 4.71. The lowest BCUT2D eigenvalue weighted by Crippen LogP contribution is -2.21. The Bertz CT molecular complexity index is 443. The van der Waals surface area contributed by atoms with Crippen LogP contribution in [0, 0.1) is 11.3 Å². The molecule has 1 atom stereocenters. The van der Waals surface area contributed by atoms with Gasteiger partial charge in [-0.3, -0.25) is 0 Å². The summed E-state index contributed by atoms with van der Waals surface area (Å²) in [6.45, 7) is 5.82. The van der Waals surface area contributed by atoms with Gasteiger partial charge in [-0.15, -0.1) is 0 Å². The van der Waals surface area contributed by atoms with Gasteiger partial charge in [-0.1, -0.05) is 26.8 Å². The van der Waals surface area contributed by atoms with Crippen molar-refractivity contribution < 1.29 is 14.9 Å². The van der Waals surface area contributed by atoms with Crippen molar-refractivity contribution in [2.75, 3.05) is 13.2 Å². The molecule has 4 heteroatoms. The first kappa shape index (κ1) is 14.5. The zero-order valence-electron chi connectivity index (χ0n) is 11.0. The average Bonchev–Trinajstić information content (AvgIpc) is 2.34. The van der Waals surface area contributed by atoms with Crippen molar-refractivity contribution in [1.82, 2.24) is 0 Å². The molecule has 0 heterocycles. The Morgan fingerprint density at radius 1 is 1.39 bits per heavy atom. The largest absolute Gasteiger partial charge is 0.489 e. The predicted molar refractivity (Wildman–Crippen MR) is 68.4 cm³/mol. The van der Waals surface area contributed by atoms with E-state index in [1.165, 1.54) is 0 Å². The van der Waals surface area contributed by atoms with Crippen LogP contribution in [0.2, 0.25) is 0 Å². The molecule has 0 aromatic heterocycles. The third kappa shape index (κ3) is 3.73. The molecule has 0 aliphatic heterocycles. The topological polar surface area (TPSA) is 73.5 Å². The van der Waals surface area contributed by atoms with Crippen LogP contribution in [0.5, 0.6) is 5.75 Å². The molecule has 0 saturated heterocycles. The second-order valence-electron chi connectivity index (χ2n) is 5.22. The van der Waals surface area contributed by atoms with Crippen molar-refractivity contribution in [1.29, 1.82) is 5.26 Å². The minimum atomic E-state index is -0.932. The van der Waals surface area contributed by atoms with Crippen molar-refractivity contribution in [3.8, 4) is 11.8 Å². The van der Waals surface area contributed by atoms with Gasteiger partial charge in [0.2, 0.25) is 0 Å². The van der Waals surface area contributed by atoms with Crippen LogP contribution < -0.4 is 4.74 Å². The van der Waals surface area contributed by atoms with Crippen molar-refractivity contribution in [3.05, 3.63) is 29.3 Å². The molecule has 0 amide bonds. The van der Waals surface area contributed by atoms with Gasteiger partial charge in [0.15, 0.2) is 0 Å². The van der Waals surface area contributed by atoms with Crippen LogP contribution in [0.25, 0.3) is 0 Å². The van der Waals surface area contributed by atoms with Gasteiger partial charge in [0.25, 0.3) is 0 Å². The first-order valence-electron chi connectivity index (χ1n) is 5.85. The number of hydrogen-bond acceptors (Lipinski definition) is 4. The normalized spacial score (nSPS) is 12.9. The lowest BCUT2D eigenvalue weighted by molar-refractivity contribution is 0.0535. The van der Waals surface area contributed by atoms with Crippen LogP contribution in [0.1, 0.15) is 31.9 Å². The minimum Gasteiger partial charge on any atom is -0.489 e. The maximum absolute atomic E-state index is 9.21. The third-order valence-electron chi connectivity index (χ3n) is 2.61. The highest BCUT2D eigenvalue weighted by Crippen LogP contribution is 2.27. The number of benzene rings is 1. The number of nitriles is 1. The molecule has 0 aliphatic carbocycles. The Morgan fingerprint density at radius 3 is 2.56 bits per heavy atom. The zero-order chi connectivity index (χ0) is 13.8. The second-order valence-corrected chi connectivity index (χ2v) is 5.22. The highest BCUT2D eigenvalue weighted by Gasteiger charge is 2.16. The number of aliphatic hydroxyl groups excluding tert-OH is 2. The van der Waals surface area contributed by atoms with Crippen LogP contribution >= 0.6 is 0 Å². The summed E-state index contributed by atoms with van der Waals surface area (Å²) in [6.07, 6.45) is -0.932. The molecule has 0 saturated carbocycles. The fourth-order valence-electron chi connectivity index (χ4n) is 1.45. The van der Waals surface area contributed by atoms with E-state index < -0.39 is 6.10 Å². The smallest absolute Gasteiger partial charge is 0.137 e. The summed E-state index contributed by atoms with van der Waals surface area (Å²) in [5.41, 5.74) is 1.45. The van der Waals surface area contributed by atoms with Crippen molar-refractivity contribution >= 4 is 0 Å². The van der Waals surface area contributed by atoms with E-state index in [0.717, 1.165) is 5.56 Å². The van der Waals surface area contributed by atoms with Gasteiger partial charge in [0, 0.05) is 0 Å². The SMILES string of the molecule is CC(C)(C)c1ccc(OCC(O)CO)c(C#N)c1. The monoisotopic (exact) mass is 249 g/mol. The number of ether oxygens (including phenoxy) is 1. The van der Waals surface area contributed by atoms with E-state index >= 15 is 0 Å². The number of nitrogens with zero attached hydrogens (tertiary/aromatic N) is 1. The third-order valence-corrected chi connectivity index (χ3v) is 2.61. The molecular weight excluding hydrogens is 230 g/mol. The molecule has 98 valence electrons. The number of hydrogen-bond donors (Lipinski definition) is 2. The summed E-state index contributed by atoms with van der Waals surface area (Å²) >= 11 is 0. The van der Waals surface area contributed by atoms with Gasteiger partial charge < -0.3 is 14.9 Å².